The third-order valence-electron chi connectivity index (χ3n) is 5.38. The SMILES string of the molecule is CCOc1ccc(CN(C(=O)c2cc3c4c(c(N)nc3cn2)COC4)C(CC)OC)nn1. The van der Waals surface area contributed by atoms with Gasteiger partial charge >= 0.3 is 0 Å². The number of hydrogen-bond donors (Lipinski definition) is 1. The van der Waals surface area contributed by atoms with Crippen molar-refractivity contribution < 1.29 is 19.0 Å². The minimum Gasteiger partial charge on any atom is -0.477 e. The van der Waals surface area contributed by atoms with Gasteiger partial charge in [0.2, 0.25) is 5.88 Å². The number of fused-ring (bicyclic) bond motifs is 3. The Morgan fingerprint density at radius 3 is 2.75 bits per heavy atom. The van der Waals surface area contributed by atoms with Crippen LogP contribution in [0.3, 0.4) is 0 Å². The molecule has 0 saturated carbocycles. The molecule has 10 nitrogen and oxygen atoms in total. The van der Waals surface area contributed by atoms with Gasteiger partial charge in [0, 0.05) is 24.1 Å². The van der Waals surface area contributed by atoms with E-state index in [0.717, 1.165) is 16.5 Å². The number of aromatic nitrogens is 4. The van der Waals surface area contributed by atoms with Gasteiger partial charge < -0.3 is 24.8 Å². The molecule has 0 radical (unpaired) electrons. The average Bonchev–Trinajstić information content (AvgIpc) is 3.31. The Kier molecular flexibility index (Phi) is 6.42. The van der Waals surface area contributed by atoms with Crippen molar-refractivity contribution in [2.75, 3.05) is 19.5 Å². The number of ether oxygens (including phenoxy) is 3. The van der Waals surface area contributed by atoms with E-state index in [0.29, 0.717) is 49.1 Å². The Morgan fingerprint density at radius 1 is 1.25 bits per heavy atom. The normalized spacial score (nSPS) is 13.7. The first kappa shape index (κ1) is 21.8. The first-order chi connectivity index (χ1) is 15.5. The molecule has 3 aromatic rings. The lowest BCUT2D eigenvalue weighted by Crippen LogP contribution is -2.41. The average molecular weight is 438 g/mol. The van der Waals surface area contributed by atoms with E-state index in [4.69, 9.17) is 19.9 Å². The molecule has 0 aliphatic carbocycles. The molecule has 1 unspecified atom stereocenters. The topological polar surface area (TPSA) is 126 Å². The molecule has 2 N–H and O–H groups in total. The number of hydrogen-bond acceptors (Lipinski definition) is 9. The van der Waals surface area contributed by atoms with Gasteiger partial charge in [0.05, 0.1) is 43.8 Å². The predicted molar refractivity (Wildman–Crippen MR) is 117 cm³/mol. The quantitative estimate of drug-likeness (QED) is 0.528. The Hall–Kier alpha value is -3.37. The summed E-state index contributed by atoms with van der Waals surface area (Å²) < 4.78 is 16.5. The molecule has 0 aromatic carbocycles. The molecular formula is C22H26N6O4. The maximum Gasteiger partial charge on any atom is 0.274 e. The zero-order valence-corrected chi connectivity index (χ0v) is 18.4. The van der Waals surface area contributed by atoms with Crippen LogP contribution < -0.4 is 10.5 Å². The number of pyridine rings is 2. The summed E-state index contributed by atoms with van der Waals surface area (Å²) in [7, 11) is 1.57. The number of carbonyl (C=O) groups excluding carboxylic acids is 1. The zero-order chi connectivity index (χ0) is 22.7. The van der Waals surface area contributed by atoms with Crippen LogP contribution in [0.5, 0.6) is 5.88 Å². The van der Waals surface area contributed by atoms with E-state index < -0.39 is 6.23 Å². The largest absolute Gasteiger partial charge is 0.477 e. The number of nitrogens with zero attached hydrogens (tertiary/aromatic N) is 5. The molecule has 0 bridgehead atoms. The minimum absolute atomic E-state index is 0.214. The van der Waals surface area contributed by atoms with Crippen molar-refractivity contribution in [1.82, 2.24) is 25.1 Å². The summed E-state index contributed by atoms with van der Waals surface area (Å²) in [6.45, 7) is 5.39. The van der Waals surface area contributed by atoms with Gasteiger partial charge in [-0.3, -0.25) is 4.79 Å². The van der Waals surface area contributed by atoms with E-state index in [1.165, 1.54) is 0 Å². The van der Waals surface area contributed by atoms with Crippen LogP contribution in [0.1, 0.15) is 47.6 Å². The number of carbonyl (C=O) groups is 1. The van der Waals surface area contributed by atoms with E-state index in [-0.39, 0.29) is 18.1 Å². The van der Waals surface area contributed by atoms with Crippen LogP contribution in [0, 0.1) is 0 Å². The highest BCUT2D eigenvalue weighted by Crippen LogP contribution is 2.31. The molecule has 4 rings (SSSR count). The maximum atomic E-state index is 13.5. The highest BCUT2D eigenvalue weighted by molar-refractivity contribution is 5.97. The fraction of sp³-hybridized carbons (Fsp3) is 0.409. The molecule has 4 heterocycles. The van der Waals surface area contributed by atoms with Crippen molar-refractivity contribution >= 4 is 22.6 Å². The predicted octanol–water partition coefficient (Wildman–Crippen LogP) is 2.46. The second-order valence-electron chi connectivity index (χ2n) is 7.36. The molecule has 1 atom stereocenters. The van der Waals surface area contributed by atoms with Crippen LogP contribution in [-0.4, -0.2) is 50.9 Å². The van der Waals surface area contributed by atoms with Gasteiger partial charge in [0.15, 0.2) is 0 Å². The van der Waals surface area contributed by atoms with E-state index in [2.05, 4.69) is 20.2 Å². The second kappa shape index (κ2) is 9.41. The van der Waals surface area contributed by atoms with Gasteiger partial charge in [-0.1, -0.05) is 6.92 Å². The van der Waals surface area contributed by atoms with Gasteiger partial charge in [0.1, 0.15) is 17.7 Å². The Labute approximate surface area is 185 Å². The van der Waals surface area contributed by atoms with Crippen molar-refractivity contribution in [3.05, 3.63) is 46.9 Å². The van der Waals surface area contributed by atoms with Gasteiger partial charge in [-0.15, -0.1) is 5.10 Å². The molecule has 3 aromatic heterocycles. The molecule has 0 spiro atoms. The molecule has 10 heteroatoms. The third-order valence-corrected chi connectivity index (χ3v) is 5.38. The zero-order valence-electron chi connectivity index (χ0n) is 18.4. The summed E-state index contributed by atoms with van der Waals surface area (Å²) in [4.78, 5) is 23.9. The highest BCUT2D eigenvalue weighted by Gasteiger charge is 2.27. The first-order valence-electron chi connectivity index (χ1n) is 10.5. The number of amides is 1. The minimum atomic E-state index is -0.452. The molecular weight excluding hydrogens is 412 g/mol. The van der Waals surface area contributed by atoms with Crippen molar-refractivity contribution in [2.24, 2.45) is 0 Å². The second-order valence-corrected chi connectivity index (χ2v) is 7.36. The van der Waals surface area contributed by atoms with Gasteiger partial charge in [-0.25, -0.2) is 9.97 Å². The Balaban J connectivity index is 1.67. The van der Waals surface area contributed by atoms with E-state index in [9.17, 15) is 4.79 Å². The lowest BCUT2D eigenvalue weighted by atomic mass is 10.1. The maximum absolute atomic E-state index is 13.5. The lowest BCUT2D eigenvalue weighted by molar-refractivity contribution is -0.0270. The fourth-order valence-corrected chi connectivity index (χ4v) is 3.79. The number of nitrogen functional groups attached to an aromatic ring is 1. The smallest absolute Gasteiger partial charge is 0.274 e. The molecule has 32 heavy (non-hydrogen) atoms. The van der Waals surface area contributed by atoms with E-state index in [1.54, 1.807) is 36.4 Å². The monoisotopic (exact) mass is 438 g/mol. The van der Waals surface area contributed by atoms with Crippen LogP contribution in [0.15, 0.2) is 24.4 Å². The van der Waals surface area contributed by atoms with Gasteiger partial charge in [0.25, 0.3) is 5.91 Å². The van der Waals surface area contributed by atoms with Crippen LogP contribution in [0.2, 0.25) is 0 Å². The summed E-state index contributed by atoms with van der Waals surface area (Å²) >= 11 is 0. The van der Waals surface area contributed by atoms with Crippen molar-refractivity contribution in [1.29, 1.82) is 0 Å². The van der Waals surface area contributed by atoms with Crippen LogP contribution in [0.4, 0.5) is 5.82 Å². The Morgan fingerprint density at radius 2 is 2.06 bits per heavy atom. The lowest BCUT2D eigenvalue weighted by Gasteiger charge is -2.29. The van der Waals surface area contributed by atoms with Crippen molar-refractivity contribution in [3.8, 4) is 5.88 Å². The van der Waals surface area contributed by atoms with Crippen LogP contribution in [-0.2, 0) is 29.2 Å². The molecule has 168 valence electrons. The molecule has 1 amide bonds. The fourth-order valence-electron chi connectivity index (χ4n) is 3.79. The third kappa shape index (κ3) is 4.19. The number of anilines is 1. The van der Waals surface area contributed by atoms with Crippen molar-refractivity contribution in [2.45, 2.75) is 46.3 Å². The van der Waals surface area contributed by atoms with Gasteiger partial charge in [-0.2, -0.15) is 5.10 Å². The van der Waals surface area contributed by atoms with Crippen LogP contribution >= 0.6 is 0 Å². The molecule has 1 aliphatic heterocycles. The number of nitrogens with two attached hydrogens (primary N) is 1. The van der Waals surface area contributed by atoms with Crippen LogP contribution in [0.25, 0.3) is 10.9 Å². The summed E-state index contributed by atoms with van der Waals surface area (Å²) in [5, 5.41) is 9.05. The summed E-state index contributed by atoms with van der Waals surface area (Å²) in [5.74, 6) is 0.597. The van der Waals surface area contributed by atoms with E-state index in [1.807, 2.05) is 13.8 Å². The first-order valence-corrected chi connectivity index (χ1v) is 10.5. The Bertz CT molecular complexity index is 1120. The van der Waals surface area contributed by atoms with Crippen molar-refractivity contribution in [3.63, 3.8) is 0 Å². The summed E-state index contributed by atoms with van der Waals surface area (Å²) in [5.41, 5.74) is 9.39. The van der Waals surface area contributed by atoms with E-state index >= 15 is 0 Å². The molecule has 0 fully saturated rings. The van der Waals surface area contributed by atoms with Gasteiger partial charge in [-0.05, 0) is 31.0 Å². The standard InChI is InChI=1S/C22H26N6O4/c1-4-20(30-3)28(10-13-6-7-19(27-26-13)32-5-2)22(29)17-8-14-15-11-31-12-16(15)21(23)25-18(14)9-24-17/h6-9,20H,4-5,10-12H2,1-3H3,(H2,23,25). The number of rotatable bonds is 8. The summed E-state index contributed by atoms with van der Waals surface area (Å²) in [6.07, 6.45) is 1.72. The molecule has 0 saturated heterocycles. The molecule has 1 aliphatic rings. The summed E-state index contributed by atoms with van der Waals surface area (Å²) in [6, 6.07) is 5.26. The number of methoxy groups -OCH3 is 1. The highest BCUT2D eigenvalue weighted by atomic mass is 16.5.